The van der Waals surface area contributed by atoms with Gasteiger partial charge in [0.05, 0.1) is 12.2 Å². The highest BCUT2D eigenvalue weighted by molar-refractivity contribution is 6.02. The Kier molecular flexibility index (Phi) is 4.41. The van der Waals surface area contributed by atoms with Gasteiger partial charge in [0.1, 0.15) is 17.4 Å². The van der Waals surface area contributed by atoms with E-state index in [1.54, 1.807) is 6.08 Å². The zero-order valence-electron chi connectivity index (χ0n) is 16.2. The molecule has 6 heteroatoms. The molecular weight excluding hydrogens is 364 g/mol. The number of carbonyl (C=O) groups is 1. The lowest BCUT2D eigenvalue weighted by molar-refractivity contribution is -0.115. The molecular formula is C23H22N4O2. The third kappa shape index (κ3) is 3.43. The molecule has 0 bridgehead atoms. The Bertz CT molecular complexity index is 1090. The van der Waals surface area contributed by atoms with Crippen molar-refractivity contribution in [1.29, 1.82) is 0 Å². The number of hydrogen-bond donors (Lipinski definition) is 2. The minimum Gasteiger partial charge on any atom is -0.465 e. The second-order valence-corrected chi connectivity index (χ2v) is 7.40. The van der Waals surface area contributed by atoms with E-state index in [-0.39, 0.29) is 5.91 Å². The Labute approximate surface area is 169 Å². The molecule has 1 amide bonds. The Morgan fingerprint density at radius 3 is 2.79 bits per heavy atom. The van der Waals surface area contributed by atoms with Crippen LogP contribution in [0.25, 0.3) is 0 Å². The molecule has 3 aliphatic rings. The summed E-state index contributed by atoms with van der Waals surface area (Å²) in [6.07, 6.45) is 6.07. The molecule has 2 N–H and O–H groups in total. The molecule has 4 heterocycles. The van der Waals surface area contributed by atoms with Gasteiger partial charge in [0, 0.05) is 48.6 Å². The molecule has 6 nitrogen and oxygen atoms in total. The fourth-order valence-electron chi connectivity index (χ4n) is 3.93. The first-order chi connectivity index (χ1) is 14.2. The lowest BCUT2D eigenvalue weighted by Crippen LogP contribution is -2.31. The Morgan fingerprint density at radius 1 is 1.14 bits per heavy atom. The average molecular weight is 386 g/mol. The number of amides is 1. The van der Waals surface area contributed by atoms with Crippen molar-refractivity contribution in [2.45, 2.75) is 26.4 Å². The summed E-state index contributed by atoms with van der Waals surface area (Å²) in [5.74, 6) is 2.73. The summed E-state index contributed by atoms with van der Waals surface area (Å²) in [4.78, 5) is 18.7. The van der Waals surface area contributed by atoms with Gasteiger partial charge in [-0.3, -0.25) is 4.79 Å². The number of aryl methyl sites for hydroxylation is 1. The first-order valence-corrected chi connectivity index (χ1v) is 9.81. The maximum absolute atomic E-state index is 11.9. The molecule has 0 fully saturated rings. The highest BCUT2D eigenvalue weighted by atomic mass is 16.3. The first-order valence-electron chi connectivity index (χ1n) is 9.81. The van der Waals surface area contributed by atoms with Crippen molar-refractivity contribution in [2.75, 3.05) is 6.54 Å². The topological polar surface area (TPSA) is 69.9 Å². The van der Waals surface area contributed by atoms with Crippen molar-refractivity contribution < 1.29 is 9.21 Å². The van der Waals surface area contributed by atoms with Crippen LogP contribution in [0.15, 0.2) is 81.1 Å². The lowest BCUT2D eigenvalue weighted by atomic mass is 10.1. The van der Waals surface area contributed by atoms with Crippen molar-refractivity contribution in [3.63, 3.8) is 0 Å². The Balaban J connectivity index is 1.30. The van der Waals surface area contributed by atoms with Gasteiger partial charge in [-0.25, -0.2) is 4.99 Å². The van der Waals surface area contributed by atoms with Gasteiger partial charge < -0.3 is 20.0 Å². The van der Waals surface area contributed by atoms with Crippen LogP contribution in [0.5, 0.6) is 0 Å². The van der Waals surface area contributed by atoms with Crippen molar-refractivity contribution in [3.8, 4) is 0 Å². The zero-order valence-corrected chi connectivity index (χ0v) is 16.2. The van der Waals surface area contributed by atoms with Crippen LogP contribution in [0.2, 0.25) is 0 Å². The monoisotopic (exact) mass is 386 g/mol. The first kappa shape index (κ1) is 17.7. The molecule has 0 atom stereocenters. The zero-order chi connectivity index (χ0) is 19.8. The second kappa shape index (κ2) is 7.22. The predicted octanol–water partition coefficient (Wildman–Crippen LogP) is 3.13. The van der Waals surface area contributed by atoms with Gasteiger partial charge in [0.15, 0.2) is 0 Å². The summed E-state index contributed by atoms with van der Waals surface area (Å²) in [6.45, 7) is 4.25. The van der Waals surface area contributed by atoms with Crippen LogP contribution in [0, 0.1) is 6.92 Å². The van der Waals surface area contributed by atoms with Crippen molar-refractivity contribution in [3.05, 3.63) is 94.4 Å². The third-order valence-electron chi connectivity index (χ3n) is 5.32. The van der Waals surface area contributed by atoms with Crippen LogP contribution in [0.4, 0.5) is 0 Å². The van der Waals surface area contributed by atoms with Gasteiger partial charge in [-0.05, 0) is 30.7 Å². The number of hydrogen-bond acceptors (Lipinski definition) is 5. The molecule has 0 unspecified atom stereocenters. The molecule has 0 spiro atoms. The number of carbonyl (C=O) groups excluding carboxylic acids is 1. The van der Waals surface area contributed by atoms with Gasteiger partial charge in [0.25, 0.3) is 0 Å². The van der Waals surface area contributed by atoms with E-state index in [1.165, 1.54) is 5.56 Å². The van der Waals surface area contributed by atoms with E-state index in [0.717, 1.165) is 59.4 Å². The standard InChI is InChI=1S/C23H22N4O2/c1-15-2-8-19(29-15)14-24-12-16-3-5-17(6-4-16)23-25-13-18-7-9-21(28)26-20-10-11-27(23)22(18)20/h2-9,13,24H,10-12,14H2,1H3,(H,26,28). The van der Waals surface area contributed by atoms with Crippen LogP contribution in [0.1, 0.15) is 29.1 Å². The molecule has 1 aromatic heterocycles. The molecule has 0 aliphatic carbocycles. The lowest BCUT2D eigenvalue weighted by Gasteiger charge is -2.27. The summed E-state index contributed by atoms with van der Waals surface area (Å²) in [5.41, 5.74) is 5.30. The average Bonchev–Trinajstić information content (AvgIpc) is 3.29. The van der Waals surface area contributed by atoms with Gasteiger partial charge in [0.2, 0.25) is 5.91 Å². The molecule has 0 saturated heterocycles. The number of allylic oxidation sites excluding steroid dienone is 1. The summed E-state index contributed by atoms with van der Waals surface area (Å²) < 4.78 is 5.58. The molecule has 146 valence electrons. The van der Waals surface area contributed by atoms with E-state index in [2.05, 4.69) is 39.8 Å². The maximum atomic E-state index is 11.9. The Hall–Kier alpha value is -3.38. The molecule has 5 rings (SSSR count). The van der Waals surface area contributed by atoms with Crippen LogP contribution >= 0.6 is 0 Å². The number of amidine groups is 1. The second-order valence-electron chi connectivity index (χ2n) is 7.40. The van der Waals surface area contributed by atoms with Gasteiger partial charge >= 0.3 is 0 Å². The number of benzene rings is 1. The highest BCUT2D eigenvalue weighted by Gasteiger charge is 2.32. The number of aliphatic imine (C=N–C) groups is 1. The molecule has 1 aromatic carbocycles. The number of furan rings is 1. The molecule has 0 radical (unpaired) electrons. The van der Waals surface area contributed by atoms with Crippen LogP contribution < -0.4 is 10.6 Å². The van der Waals surface area contributed by atoms with Crippen LogP contribution in [-0.4, -0.2) is 23.2 Å². The fraction of sp³-hybridized carbons (Fsp3) is 0.217. The van der Waals surface area contributed by atoms with Crippen LogP contribution in [-0.2, 0) is 17.9 Å². The predicted molar refractivity (Wildman–Crippen MR) is 111 cm³/mol. The smallest absolute Gasteiger partial charge is 0.248 e. The number of nitrogens with one attached hydrogen (secondary N) is 2. The van der Waals surface area contributed by atoms with Crippen molar-refractivity contribution in [2.24, 2.45) is 4.99 Å². The normalized spacial score (nSPS) is 17.7. The summed E-state index contributed by atoms with van der Waals surface area (Å²) in [5, 5.41) is 6.40. The largest absolute Gasteiger partial charge is 0.465 e. The quantitative estimate of drug-likeness (QED) is 0.828. The molecule has 0 saturated carbocycles. The van der Waals surface area contributed by atoms with Crippen LogP contribution in [0.3, 0.4) is 0 Å². The van der Waals surface area contributed by atoms with Gasteiger partial charge in [-0.1, -0.05) is 24.3 Å². The minimum atomic E-state index is -0.0761. The van der Waals surface area contributed by atoms with E-state index in [9.17, 15) is 4.79 Å². The minimum absolute atomic E-state index is 0.0761. The van der Waals surface area contributed by atoms with Crippen molar-refractivity contribution >= 4 is 11.7 Å². The Morgan fingerprint density at radius 2 is 2.00 bits per heavy atom. The SMILES string of the molecule is Cc1ccc(CNCc2ccc(C3=NC=C4C=CC(=O)NC5=C4N3CC5)cc2)o1. The van der Waals surface area contributed by atoms with E-state index >= 15 is 0 Å². The molecule has 2 aromatic rings. The highest BCUT2D eigenvalue weighted by Crippen LogP contribution is 2.34. The third-order valence-corrected chi connectivity index (χ3v) is 5.32. The van der Waals surface area contributed by atoms with Gasteiger partial charge in [-0.15, -0.1) is 0 Å². The fourth-order valence-corrected chi connectivity index (χ4v) is 3.93. The number of nitrogens with zero attached hydrogens (tertiary/aromatic N) is 2. The van der Waals surface area contributed by atoms with Crippen molar-refractivity contribution in [1.82, 2.24) is 15.5 Å². The summed E-state index contributed by atoms with van der Waals surface area (Å²) in [7, 11) is 0. The van der Waals surface area contributed by atoms with Gasteiger partial charge in [-0.2, -0.15) is 0 Å². The number of rotatable bonds is 5. The van der Waals surface area contributed by atoms with E-state index in [4.69, 9.17) is 9.41 Å². The molecule has 3 aliphatic heterocycles. The summed E-state index contributed by atoms with van der Waals surface area (Å²) in [6, 6.07) is 12.4. The van der Waals surface area contributed by atoms with E-state index < -0.39 is 0 Å². The van der Waals surface area contributed by atoms with E-state index in [1.807, 2.05) is 31.3 Å². The molecule has 29 heavy (non-hydrogen) atoms. The van der Waals surface area contributed by atoms with E-state index in [0.29, 0.717) is 6.54 Å². The maximum Gasteiger partial charge on any atom is 0.248 e. The summed E-state index contributed by atoms with van der Waals surface area (Å²) >= 11 is 0.